The molecular weight excluding hydrogens is 412 g/mol. The molecule has 1 saturated heterocycles. The number of likely N-dealkylation sites (tertiary alicyclic amines) is 1. The first-order valence-corrected chi connectivity index (χ1v) is 10.8. The molecule has 0 aromatic heterocycles. The van der Waals surface area contributed by atoms with Gasteiger partial charge in [0.15, 0.2) is 11.5 Å². The molecule has 1 amide bonds. The fraction of sp³-hybridized carbons (Fsp3) is 0.400. The summed E-state index contributed by atoms with van der Waals surface area (Å²) in [5, 5.41) is 0. The molecule has 0 atom stereocenters. The molecule has 2 aliphatic rings. The van der Waals surface area contributed by atoms with Gasteiger partial charge in [-0.1, -0.05) is 42.3 Å². The Morgan fingerprint density at radius 1 is 0.968 bits per heavy atom. The van der Waals surface area contributed by atoms with Gasteiger partial charge >= 0.3 is 0 Å². The SMILES string of the molecule is COc1ccc(N2CC=C(c3ccc(C)cc3)C2=O)cc1OCCN1CCCCC1.Cl. The molecule has 0 bridgehead atoms. The number of hydrogen-bond acceptors (Lipinski definition) is 4. The van der Waals surface area contributed by atoms with Gasteiger partial charge in [-0.05, 0) is 50.6 Å². The van der Waals surface area contributed by atoms with Gasteiger partial charge in [-0.2, -0.15) is 0 Å². The number of ether oxygens (including phenoxy) is 2. The van der Waals surface area contributed by atoms with Crippen molar-refractivity contribution in [2.45, 2.75) is 26.2 Å². The Balaban J connectivity index is 0.00000272. The highest BCUT2D eigenvalue weighted by Gasteiger charge is 2.27. The van der Waals surface area contributed by atoms with E-state index in [4.69, 9.17) is 9.47 Å². The van der Waals surface area contributed by atoms with Crippen LogP contribution in [-0.4, -0.2) is 50.7 Å². The largest absolute Gasteiger partial charge is 0.493 e. The van der Waals surface area contributed by atoms with Crippen LogP contribution in [0.25, 0.3) is 5.57 Å². The highest BCUT2D eigenvalue weighted by molar-refractivity contribution is 6.28. The van der Waals surface area contributed by atoms with Crippen molar-refractivity contribution >= 4 is 29.6 Å². The molecule has 0 saturated carbocycles. The maximum Gasteiger partial charge on any atom is 0.258 e. The Morgan fingerprint density at radius 2 is 1.71 bits per heavy atom. The van der Waals surface area contributed by atoms with E-state index in [0.29, 0.717) is 24.7 Å². The van der Waals surface area contributed by atoms with E-state index in [2.05, 4.69) is 4.90 Å². The fourth-order valence-electron chi connectivity index (χ4n) is 4.11. The average Bonchev–Trinajstić information content (AvgIpc) is 3.16. The van der Waals surface area contributed by atoms with Gasteiger partial charge < -0.3 is 14.4 Å². The van der Waals surface area contributed by atoms with Crippen LogP contribution in [0.5, 0.6) is 11.5 Å². The number of methoxy groups -OCH3 is 1. The summed E-state index contributed by atoms with van der Waals surface area (Å²) in [7, 11) is 1.64. The number of halogens is 1. The van der Waals surface area contributed by atoms with Gasteiger partial charge in [0.25, 0.3) is 5.91 Å². The van der Waals surface area contributed by atoms with Crippen molar-refractivity contribution in [2.24, 2.45) is 0 Å². The number of anilines is 1. The molecule has 2 aromatic carbocycles. The Bertz CT molecular complexity index is 921. The molecule has 2 aliphatic heterocycles. The molecule has 2 aromatic rings. The van der Waals surface area contributed by atoms with Gasteiger partial charge in [0.1, 0.15) is 6.61 Å². The summed E-state index contributed by atoms with van der Waals surface area (Å²) in [6.07, 6.45) is 5.86. The first-order valence-electron chi connectivity index (χ1n) is 10.8. The van der Waals surface area contributed by atoms with Crippen molar-refractivity contribution in [3.8, 4) is 11.5 Å². The van der Waals surface area contributed by atoms with Crippen LogP contribution in [0.15, 0.2) is 48.5 Å². The van der Waals surface area contributed by atoms with Gasteiger partial charge in [0.2, 0.25) is 0 Å². The lowest BCUT2D eigenvalue weighted by molar-refractivity contribution is -0.112. The zero-order valence-corrected chi connectivity index (χ0v) is 19.1. The van der Waals surface area contributed by atoms with Crippen molar-refractivity contribution in [3.05, 3.63) is 59.7 Å². The number of carbonyl (C=O) groups excluding carboxylic acids is 1. The molecule has 0 spiro atoms. The van der Waals surface area contributed by atoms with E-state index in [1.54, 1.807) is 12.0 Å². The monoisotopic (exact) mass is 442 g/mol. The second kappa shape index (κ2) is 10.7. The maximum absolute atomic E-state index is 13.1. The van der Waals surface area contributed by atoms with Gasteiger partial charge in [-0.15, -0.1) is 12.4 Å². The predicted molar refractivity (Wildman–Crippen MR) is 128 cm³/mol. The van der Waals surface area contributed by atoms with Crippen LogP contribution in [-0.2, 0) is 4.79 Å². The summed E-state index contributed by atoms with van der Waals surface area (Å²) < 4.78 is 11.5. The van der Waals surface area contributed by atoms with Crippen LogP contribution in [0.2, 0.25) is 0 Å². The molecule has 5 nitrogen and oxygen atoms in total. The van der Waals surface area contributed by atoms with Crippen molar-refractivity contribution in [1.29, 1.82) is 0 Å². The molecule has 0 N–H and O–H groups in total. The van der Waals surface area contributed by atoms with Crippen LogP contribution >= 0.6 is 12.4 Å². The molecule has 2 heterocycles. The summed E-state index contributed by atoms with van der Waals surface area (Å²) in [6, 6.07) is 13.8. The molecule has 0 radical (unpaired) electrons. The molecule has 31 heavy (non-hydrogen) atoms. The first kappa shape index (κ1) is 23.2. The summed E-state index contributed by atoms with van der Waals surface area (Å²) >= 11 is 0. The molecule has 1 fully saturated rings. The van der Waals surface area contributed by atoms with Crippen molar-refractivity contribution < 1.29 is 14.3 Å². The number of piperidine rings is 1. The molecule has 4 rings (SSSR count). The number of aryl methyl sites for hydroxylation is 1. The van der Waals surface area contributed by atoms with Crippen LogP contribution in [0.1, 0.15) is 30.4 Å². The second-order valence-electron chi connectivity index (χ2n) is 7.99. The number of amides is 1. The summed E-state index contributed by atoms with van der Waals surface area (Å²) in [4.78, 5) is 17.3. The average molecular weight is 443 g/mol. The van der Waals surface area contributed by atoms with Crippen LogP contribution in [0.3, 0.4) is 0 Å². The number of rotatable bonds is 7. The van der Waals surface area contributed by atoms with Gasteiger partial charge in [-0.25, -0.2) is 0 Å². The van der Waals surface area contributed by atoms with E-state index in [1.807, 2.05) is 55.5 Å². The van der Waals surface area contributed by atoms with E-state index in [0.717, 1.165) is 36.5 Å². The van der Waals surface area contributed by atoms with Gasteiger partial charge in [0.05, 0.1) is 7.11 Å². The normalized spacial score (nSPS) is 16.6. The zero-order chi connectivity index (χ0) is 20.9. The standard InChI is InChI=1S/C25H30N2O3.ClH/c1-19-6-8-20(9-7-19)22-12-15-27(25(22)28)21-10-11-23(29-2)24(18-21)30-17-16-26-13-4-3-5-14-26;/h6-12,18H,3-5,13-17H2,1-2H3;1H. The van der Waals surface area contributed by atoms with Crippen LogP contribution in [0.4, 0.5) is 5.69 Å². The lowest BCUT2D eigenvalue weighted by Gasteiger charge is -2.26. The highest BCUT2D eigenvalue weighted by atomic mass is 35.5. The Labute approximate surface area is 191 Å². The van der Waals surface area contributed by atoms with E-state index in [-0.39, 0.29) is 18.3 Å². The summed E-state index contributed by atoms with van der Waals surface area (Å²) in [6.45, 7) is 6.43. The van der Waals surface area contributed by atoms with E-state index >= 15 is 0 Å². The minimum atomic E-state index is 0. The number of benzene rings is 2. The quantitative estimate of drug-likeness (QED) is 0.622. The van der Waals surface area contributed by atoms with Crippen LogP contribution < -0.4 is 14.4 Å². The van der Waals surface area contributed by atoms with Crippen LogP contribution in [0, 0.1) is 6.92 Å². The summed E-state index contributed by atoms with van der Waals surface area (Å²) in [5.74, 6) is 1.39. The molecule has 0 aliphatic carbocycles. The smallest absolute Gasteiger partial charge is 0.258 e. The Morgan fingerprint density at radius 3 is 2.42 bits per heavy atom. The lowest BCUT2D eigenvalue weighted by Crippen LogP contribution is -2.33. The third kappa shape index (κ3) is 5.41. The second-order valence-corrected chi connectivity index (χ2v) is 7.99. The van der Waals surface area contributed by atoms with Crippen molar-refractivity contribution in [1.82, 2.24) is 4.90 Å². The maximum atomic E-state index is 13.1. The third-order valence-electron chi connectivity index (χ3n) is 5.89. The number of nitrogens with zero attached hydrogens (tertiary/aromatic N) is 2. The number of hydrogen-bond donors (Lipinski definition) is 0. The molecule has 166 valence electrons. The minimum Gasteiger partial charge on any atom is -0.493 e. The minimum absolute atomic E-state index is 0. The predicted octanol–water partition coefficient (Wildman–Crippen LogP) is 4.72. The van der Waals surface area contributed by atoms with Crippen molar-refractivity contribution in [2.75, 3.05) is 44.8 Å². The first-order chi connectivity index (χ1) is 14.7. The Kier molecular flexibility index (Phi) is 7.99. The molecule has 0 unspecified atom stereocenters. The van der Waals surface area contributed by atoms with Gasteiger partial charge in [-0.3, -0.25) is 9.69 Å². The summed E-state index contributed by atoms with van der Waals surface area (Å²) in [5.41, 5.74) is 3.72. The molecule has 6 heteroatoms. The van der Waals surface area contributed by atoms with E-state index in [1.165, 1.54) is 24.8 Å². The molecular formula is C25H31ClN2O3. The van der Waals surface area contributed by atoms with Crippen molar-refractivity contribution in [3.63, 3.8) is 0 Å². The number of carbonyl (C=O) groups is 1. The van der Waals surface area contributed by atoms with Gasteiger partial charge in [0, 0.05) is 30.4 Å². The third-order valence-corrected chi connectivity index (χ3v) is 5.89. The fourth-order valence-corrected chi connectivity index (χ4v) is 4.11. The van der Waals surface area contributed by atoms with E-state index < -0.39 is 0 Å². The Hall–Kier alpha value is -2.50. The highest BCUT2D eigenvalue weighted by Crippen LogP contribution is 2.35. The van der Waals surface area contributed by atoms with E-state index in [9.17, 15) is 4.79 Å². The topological polar surface area (TPSA) is 42.0 Å². The lowest BCUT2D eigenvalue weighted by atomic mass is 10.0. The zero-order valence-electron chi connectivity index (χ0n) is 18.3.